The molecule has 0 aliphatic heterocycles. The van der Waals surface area contributed by atoms with Crippen molar-refractivity contribution in [3.63, 3.8) is 0 Å². The highest BCUT2D eigenvalue weighted by Crippen LogP contribution is 2.30. The van der Waals surface area contributed by atoms with Gasteiger partial charge in [0.2, 0.25) is 10.0 Å². The summed E-state index contributed by atoms with van der Waals surface area (Å²) in [6.07, 6.45) is -4.45. The Labute approximate surface area is 109 Å². The Balaban J connectivity index is 2.81. The van der Waals surface area contributed by atoms with Crippen LogP contribution < -0.4 is 10.5 Å². The molecule has 4 nitrogen and oxygen atoms in total. The van der Waals surface area contributed by atoms with E-state index in [1.807, 2.05) is 0 Å². The van der Waals surface area contributed by atoms with Gasteiger partial charge >= 0.3 is 6.18 Å². The first-order valence-corrected chi connectivity index (χ1v) is 7.21. The number of nitrogens with two attached hydrogens (primary N) is 1. The molecule has 0 bridgehead atoms. The molecule has 1 unspecified atom stereocenters. The molecular weight excluding hydrogens is 281 g/mol. The van der Waals surface area contributed by atoms with Crippen LogP contribution in [0.15, 0.2) is 24.3 Å². The standard InChI is InChI=1S/C11H15F3N2O2S/c1-2-19(17,18)16-7-10(15)8-4-3-5-9(6-8)11(12,13)14/h3-6,10,16H,2,7,15H2,1H3. The zero-order valence-corrected chi connectivity index (χ0v) is 11.1. The lowest BCUT2D eigenvalue weighted by Crippen LogP contribution is -2.33. The minimum atomic E-state index is -4.45. The van der Waals surface area contributed by atoms with E-state index in [4.69, 9.17) is 5.73 Å². The fraction of sp³-hybridized carbons (Fsp3) is 0.455. The summed E-state index contributed by atoms with van der Waals surface area (Å²) < 4.78 is 62.2. The second kappa shape index (κ2) is 5.89. The Morgan fingerprint density at radius 3 is 2.53 bits per heavy atom. The number of sulfonamides is 1. The Kier molecular flexibility index (Phi) is 4.94. The fourth-order valence-corrected chi connectivity index (χ4v) is 2.02. The Morgan fingerprint density at radius 2 is 2.00 bits per heavy atom. The molecule has 19 heavy (non-hydrogen) atoms. The van der Waals surface area contributed by atoms with Gasteiger partial charge in [0.25, 0.3) is 0 Å². The zero-order chi connectivity index (χ0) is 14.7. The maximum atomic E-state index is 12.5. The smallest absolute Gasteiger partial charge is 0.323 e. The number of benzene rings is 1. The third-order valence-corrected chi connectivity index (χ3v) is 3.91. The lowest BCUT2D eigenvalue weighted by atomic mass is 10.0. The van der Waals surface area contributed by atoms with Crippen LogP contribution in [0.5, 0.6) is 0 Å². The molecule has 1 aromatic carbocycles. The molecule has 3 N–H and O–H groups in total. The van der Waals surface area contributed by atoms with E-state index in [9.17, 15) is 21.6 Å². The van der Waals surface area contributed by atoms with E-state index in [0.717, 1.165) is 12.1 Å². The van der Waals surface area contributed by atoms with Crippen LogP contribution in [0.1, 0.15) is 24.1 Å². The number of hydrogen-bond acceptors (Lipinski definition) is 3. The van der Waals surface area contributed by atoms with Gasteiger partial charge in [-0.2, -0.15) is 13.2 Å². The average molecular weight is 296 g/mol. The summed E-state index contributed by atoms with van der Waals surface area (Å²) in [7, 11) is -3.41. The van der Waals surface area contributed by atoms with E-state index in [2.05, 4.69) is 4.72 Å². The third-order valence-electron chi connectivity index (χ3n) is 2.55. The number of halogens is 3. The van der Waals surface area contributed by atoms with Crippen LogP contribution in [0, 0.1) is 0 Å². The van der Waals surface area contributed by atoms with Crippen LogP contribution in [-0.2, 0) is 16.2 Å². The molecule has 0 aromatic heterocycles. The van der Waals surface area contributed by atoms with Gasteiger partial charge in [0.15, 0.2) is 0 Å². The molecule has 0 heterocycles. The van der Waals surface area contributed by atoms with Crippen molar-refractivity contribution in [2.45, 2.75) is 19.1 Å². The van der Waals surface area contributed by atoms with Crippen molar-refractivity contribution in [2.24, 2.45) is 5.73 Å². The van der Waals surface area contributed by atoms with Crippen molar-refractivity contribution in [1.29, 1.82) is 0 Å². The lowest BCUT2D eigenvalue weighted by molar-refractivity contribution is -0.137. The van der Waals surface area contributed by atoms with Gasteiger partial charge in [-0.15, -0.1) is 0 Å². The molecule has 0 aliphatic rings. The minimum Gasteiger partial charge on any atom is -0.323 e. The number of hydrogen-bond donors (Lipinski definition) is 2. The van der Waals surface area contributed by atoms with Crippen molar-refractivity contribution in [3.8, 4) is 0 Å². The maximum absolute atomic E-state index is 12.5. The van der Waals surface area contributed by atoms with E-state index in [1.165, 1.54) is 19.1 Å². The first-order chi connectivity index (χ1) is 8.65. The van der Waals surface area contributed by atoms with Crippen molar-refractivity contribution in [1.82, 2.24) is 4.72 Å². The van der Waals surface area contributed by atoms with Gasteiger partial charge in [0.05, 0.1) is 11.3 Å². The summed E-state index contributed by atoms with van der Waals surface area (Å²) in [5, 5.41) is 0. The highest BCUT2D eigenvalue weighted by Gasteiger charge is 2.30. The van der Waals surface area contributed by atoms with E-state index >= 15 is 0 Å². The summed E-state index contributed by atoms with van der Waals surface area (Å²) in [6, 6.07) is 3.70. The molecule has 0 spiro atoms. The topological polar surface area (TPSA) is 72.2 Å². The molecule has 1 aromatic rings. The molecule has 0 fully saturated rings. The van der Waals surface area contributed by atoms with Gasteiger partial charge < -0.3 is 5.73 Å². The van der Waals surface area contributed by atoms with Crippen LogP contribution in [0.3, 0.4) is 0 Å². The second-order valence-electron chi connectivity index (χ2n) is 3.98. The fourth-order valence-electron chi connectivity index (χ4n) is 1.38. The van der Waals surface area contributed by atoms with E-state index in [-0.39, 0.29) is 17.9 Å². The predicted molar refractivity (Wildman–Crippen MR) is 65.8 cm³/mol. The SMILES string of the molecule is CCS(=O)(=O)NCC(N)c1cccc(C(F)(F)F)c1. The number of nitrogens with one attached hydrogen (secondary N) is 1. The van der Waals surface area contributed by atoms with Crippen molar-refractivity contribution in [2.75, 3.05) is 12.3 Å². The molecule has 0 radical (unpaired) electrons. The molecule has 108 valence electrons. The first-order valence-electron chi connectivity index (χ1n) is 5.56. The summed E-state index contributed by atoms with van der Waals surface area (Å²) in [6.45, 7) is 1.32. The second-order valence-corrected chi connectivity index (χ2v) is 6.08. The normalized spacial score (nSPS) is 14.4. The lowest BCUT2D eigenvalue weighted by Gasteiger charge is -2.15. The zero-order valence-electron chi connectivity index (χ0n) is 10.2. The summed E-state index contributed by atoms with van der Waals surface area (Å²) in [4.78, 5) is 0. The molecule has 8 heteroatoms. The third kappa shape index (κ3) is 4.81. The van der Waals surface area contributed by atoms with E-state index in [0.29, 0.717) is 0 Å². The van der Waals surface area contributed by atoms with Crippen LogP contribution in [0.4, 0.5) is 13.2 Å². The van der Waals surface area contributed by atoms with E-state index < -0.39 is 27.8 Å². The highest BCUT2D eigenvalue weighted by atomic mass is 32.2. The van der Waals surface area contributed by atoms with Crippen molar-refractivity contribution < 1.29 is 21.6 Å². The highest BCUT2D eigenvalue weighted by molar-refractivity contribution is 7.89. The molecule has 0 aliphatic carbocycles. The Hall–Kier alpha value is -1.12. The largest absolute Gasteiger partial charge is 0.416 e. The Morgan fingerprint density at radius 1 is 1.37 bits per heavy atom. The summed E-state index contributed by atoms with van der Waals surface area (Å²) >= 11 is 0. The summed E-state index contributed by atoms with van der Waals surface area (Å²) in [5.41, 5.74) is 5.10. The minimum absolute atomic E-state index is 0.109. The Bertz CT molecular complexity index is 529. The van der Waals surface area contributed by atoms with E-state index in [1.54, 1.807) is 0 Å². The van der Waals surface area contributed by atoms with Crippen LogP contribution in [0.2, 0.25) is 0 Å². The maximum Gasteiger partial charge on any atom is 0.416 e. The van der Waals surface area contributed by atoms with Crippen LogP contribution in [-0.4, -0.2) is 20.7 Å². The van der Waals surface area contributed by atoms with Crippen LogP contribution >= 0.6 is 0 Å². The van der Waals surface area contributed by atoms with Crippen molar-refractivity contribution in [3.05, 3.63) is 35.4 Å². The number of rotatable bonds is 5. The predicted octanol–water partition coefficient (Wildman–Crippen LogP) is 1.64. The average Bonchev–Trinajstić information content (AvgIpc) is 2.35. The van der Waals surface area contributed by atoms with Gasteiger partial charge in [0, 0.05) is 12.6 Å². The molecule has 1 atom stereocenters. The first kappa shape index (κ1) is 15.9. The monoisotopic (exact) mass is 296 g/mol. The molecular formula is C11H15F3N2O2S. The van der Waals surface area contributed by atoms with Gasteiger partial charge in [-0.05, 0) is 24.6 Å². The molecule has 0 saturated carbocycles. The van der Waals surface area contributed by atoms with Gasteiger partial charge in [-0.1, -0.05) is 12.1 Å². The van der Waals surface area contributed by atoms with Gasteiger partial charge in [-0.25, -0.2) is 13.1 Å². The summed E-state index contributed by atoms with van der Waals surface area (Å²) in [5.74, 6) is -0.109. The molecule has 0 amide bonds. The number of alkyl halides is 3. The van der Waals surface area contributed by atoms with Gasteiger partial charge in [0.1, 0.15) is 0 Å². The van der Waals surface area contributed by atoms with Crippen LogP contribution in [0.25, 0.3) is 0 Å². The molecule has 0 saturated heterocycles. The van der Waals surface area contributed by atoms with Crippen molar-refractivity contribution >= 4 is 10.0 Å². The quantitative estimate of drug-likeness (QED) is 0.867. The molecule has 1 rings (SSSR count). The van der Waals surface area contributed by atoms with Gasteiger partial charge in [-0.3, -0.25) is 0 Å².